The van der Waals surface area contributed by atoms with Gasteiger partial charge in [-0.05, 0) is 17.9 Å². The first-order valence-electron chi connectivity index (χ1n) is 6.07. The molecule has 2 aromatic rings. The smallest absolute Gasteiger partial charge is 0.260 e. The average Bonchev–Trinajstić information content (AvgIpc) is 2.66. The number of rotatable bonds is 3. The van der Waals surface area contributed by atoms with Gasteiger partial charge < -0.3 is 17.2 Å². The van der Waals surface area contributed by atoms with Crippen molar-refractivity contribution in [3.8, 4) is 6.07 Å². The highest BCUT2D eigenvalue weighted by Crippen LogP contribution is 2.38. The molecule has 2 aromatic heterocycles. The quantitative estimate of drug-likeness (QED) is 0.790. The Morgan fingerprint density at radius 1 is 1.45 bits per heavy atom. The number of anilines is 2. The van der Waals surface area contributed by atoms with Gasteiger partial charge in [0.05, 0.1) is 11.3 Å². The van der Waals surface area contributed by atoms with Crippen LogP contribution >= 0.6 is 11.3 Å². The molecule has 7 heteroatoms. The zero-order chi connectivity index (χ0) is 15.0. The first kappa shape index (κ1) is 14.1. The summed E-state index contributed by atoms with van der Waals surface area (Å²) in [6, 6.07) is 2.07. The third-order valence-corrected chi connectivity index (χ3v) is 4.07. The van der Waals surface area contributed by atoms with Crippen LogP contribution in [0.3, 0.4) is 0 Å². The zero-order valence-corrected chi connectivity index (χ0v) is 12.0. The lowest BCUT2D eigenvalue weighted by molar-refractivity contribution is 0.100. The first-order valence-corrected chi connectivity index (χ1v) is 6.88. The Kier molecular flexibility index (Phi) is 3.51. The Bertz CT molecular complexity index is 742. The number of nitrogens with zero attached hydrogens (tertiary/aromatic N) is 2. The number of primary amides is 1. The third kappa shape index (κ3) is 2.14. The lowest BCUT2D eigenvalue weighted by atomic mass is 9.96. The average molecular weight is 289 g/mol. The SMILES string of the molecule is CC(C)Cc1c(C#N)c(N)nc2sc(C(N)=O)c(N)c12. The fourth-order valence-corrected chi connectivity index (χ4v) is 3.15. The van der Waals surface area contributed by atoms with Crippen molar-refractivity contribution < 1.29 is 4.79 Å². The van der Waals surface area contributed by atoms with Gasteiger partial charge in [-0.3, -0.25) is 4.79 Å². The summed E-state index contributed by atoms with van der Waals surface area (Å²) >= 11 is 1.11. The second kappa shape index (κ2) is 4.98. The van der Waals surface area contributed by atoms with Crippen molar-refractivity contribution in [2.45, 2.75) is 20.3 Å². The fourth-order valence-electron chi connectivity index (χ4n) is 2.17. The molecule has 0 saturated heterocycles. The minimum Gasteiger partial charge on any atom is -0.397 e. The molecule has 6 nitrogen and oxygen atoms in total. The van der Waals surface area contributed by atoms with Gasteiger partial charge in [0, 0.05) is 5.39 Å². The number of hydrogen-bond donors (Lipinski definition) is 3. The number of fused-ring (bicyclic) bond motifs is 1. The molecule has 104 valence electrons. The summed E-state index contributed by atoms with van der Waals surface area (Å²) in [5.74, 6) is -0.130. The summed E-state index contributed by atoms with van der Waals surface area (Å²) in [5, 5.41) is 9.91. The summed E-state index contributed by atoms with van der Waals surface area (Å²) in [6.07, 6.45) is 0.630. The topological polar surface area (TPSA) is 132 Å². The van der Waals surface area contributed by atoms with Crippen LogP contribution in [0.1, 0.15) is 34.6 Å². The summed E-state index contributed by atoms with van der Waals surface area (Å²) < 4.78 is 0. The largest absolute Gasteiger partial charge is 0.397 e. The van der Waals surface area contributed by atoms with Crippen LogP contribution in [0.4, 0.5) is 11.5 Å². The van der Waals surface area contributed by atoms with Crippen molar-refractivity contribution >= 4 is 39.0 Å². The molecule has 0 aromatic carbocycles. The van der Waals surface area contributed by atoms with Crippen molar-refractivity contribution in [3.05, 3.63) is 16.0 Å². The van der Waals surface area contributed by atoms with E-state index in [2.05, 4.69) is 11.1 Å². The van der Waals surface area contributed by atoms with Crippen molar-refractivity contribution in [2.75, 3.05) is 11.5 Å². The maximum atomic E-state index is 11.4. The van der Waals surface area contributed by atoms with E-state index in [1.54, 1.807) is 0 Å². The number of thiophene rings is 1. The van der Waals surface area contributed by atoms with Crippen LogP contribution in [0.15, 0.2) is 0 Å². The highest BCUT2D eigenvalue weighted by molar-refractivity contribution is 7.21. The van der Waals surface area contributed by atoms with Crippen LogP contribution in [0.2, 0.25) is 0 Å². The van der Waals surface area contributed by atoms with E-state index in [4.69, 9.17) is 17.2 Å². The Morgan fingerprint density at radius 2 is 2.10 bits per heavy atom. The van der Waals surface area contributed by atoms with Gasteiger partial charge in [-0.2, -0.15) is 5.26 Å². The molecule has 0 unspecified atom stereocenters. The van der Waals surface area contributed by atoms with E-state index < -0.39 is 5.91 Å². The predicted octanol–water partition coefficient (Wildman–Crippen LogP) is 1.63. The van der Waals surface area contributed by atoms with Crippen LogP contribution in [0, 0.1) is 17.2 Å². The summed E-state index contributed by atoms with van der Waals surface area (Å²) in [4.78, 5) is 16.4. The Labute approximate surface area is 120 Å². The number of nitriles is 1. The van der Waals surface area contributed by atoms with Gasteiger partial charge in [0.1, 0.15) is 21.6 Å². The van der Waals surface area contributed by atoms with E-state index in [9.17, 15) is 10.1 Å². The lowest BCUT2D eigenvalue weighted by Gasteiger charge is -2.11. The van der Waals surface area contributed by atoms with Gasteiger partial charge in [0.15, 0.2) is 0 Å². The second-order valence-electron chi connectivity index (χ2n) is 4.95. The van der Waals surface area contributed by atoms with E-state index in [-0.39, 0.29) is 16.4 Å². The van der Waals surface area contributed by atoms with Gasteiger partial charge in [-0.25, -0.2) is 4.98 Å². The Hall–Kier alpha value is -2.33. The maximum absolute atomic E-state index is 11.4. The summed E-state index contributed by atoms with van der Waals surface area (Å²) in [5.41, 5.74) is 18.5. The normalized spacial score (nSPS) is 10.9. The van der Waals surface area contributed by atoms with Crippen LogP contribution in [0.25, 0.3) is 10.2 Å². The molecule has 0 radical (unpaired) electrons. The van der Waals surface area contributed by atoms with E-state index >= 15 is 0 Å². The van der Waals surface area contributed by atoms with E-state index in [1.165, 1.54) is 0 Å². The number of amides is 1. The monoisotopic (exact) mass is 289 g/mol. The molecular weight excluding hydrogens is 274 g/mol. The van der Waals surface area contributed by atoms with E-state index in [1.807, 2.05) is 13.8 Å². The number of nitrogen functional groups attached to an aromatic ring is 2. The molecule has 0 atom stereocenters. The fraction of sp³-hybridized carbons (Fsp3) is 0.308. The van der Waals surface area contributed by atoms with Crippen LogP contribution in [-0.2, 0) is 6.42 Å². The Balaban J connectivity index is 2.89. The Morgan fingerprint density at radius 3 is 2.60 bits per heavy atom. The molecule has 1 amide bonds. The van der Waals surface area contributed by atoms with Crippen molar-refractivity contribution in [1.82, 2.24) is 4.98 Å². The number of hydrogen-bond acceptors (Lipinski definition) is 6. The highest BCUT2D eigenvalue weighted by atomic mass is 32.1. The molecular formula is C13H15N5OS. The van der Waals surface area contributed by atoms with Crippen LogP contribution in [0.5, 0.6) is 0 Å². The molecule has 0 aliphatic carbocycles. The molecule has 0 aliphatic heterocycles. The minimum absolute atomic E-state index is 0.160. The molecule has 2 heterocycles. The van der Waals surface area contributed by atoms with Crippen molar-refractivity contribution in [3.63, 3.8) is 0 Å². The standard InChI is InChI=1S/C13H15N5OS/c1-5(2)3-6-7(4-14)11(16)18-13-8(6)9(15)10(20-13)12(17)19/h5H,3,15H2,1-2H3,(H2,16,18)(H2,17,19). The van der Waals surface area contributed by atoms with Gasteiger partial charge in [-0.1, -0.05) is 13.8 Å². The van der Waals surface area contributed by atoms with Crippen molar-refractivity contribution in [2.24, 2.45) is 11.7 Å². The van der Waals surface area contributed by atoms with E-state index in [0.717, 1.165) is 16.9 Å². The lowest BCUT2D eigenvalue weighted by Crippen LogP contribution is -2.11. The molecule has 2 rings (SSSR count). The minimum atomic E-state index is -0.599. The van der Waals surface area contributed by atoms with Gasteiger partial charge in [0.25, 0.3) is 5.91 Å². The second-order valence-corrected chi connectivity index (χ2v) is 5.95. The summed E-state index contributed by atoms with van der Waals surface area (Å²) in [7, 11) is 0. The number of aromatic nitrogens is 1. The van der Waals surface area contributed by atoms with Crippen LogP contribution < -0.4 is 17.2 Å². The molecule has 0 bridgehead atoms. The number of carbonyl (C=O) groups is 1. The molecule has 0 saturated carbocycles. The number of pyridine rings is 1. The van der Waals surface area contributed by atoms with Gasteiger partial charge >= 0.3 is 0 Å². The van der Waals surface area contributed by atoms with Gasteiger partial charge in [-0.15, -0.1) is 11.3 Å². The summed E-state index contributed by atoms with van der Waals surface area (Å²) in [6.45, 7) is 4.06. The molecule has 6 N–H and O–H groups in total. The highest BCUT2D eigenvalue weighted by Gasteiger charge is 2.22. The predicted molar refractivity (Wildman–Crippen MR) is 80.2 cm³/mol. The van der Waals surface area contributed by atoms with Gasteiger partial charge in [0.2, 0.25) is 0 Å². The number of carbonyl (C=O) groups excluding carboxylic acids is 1. The maximum Gasteiger partial charge on any atom is 0.260 e. The molecule has 20 heavy (non-hydrogen) atoms. The molecule has 0 fully saturated rings. The zero-order valence-electron chi connectivity index (χ0n) is 11.2. The first-order chi connectivity index (χ1) is 9.36. The third-order valence-electron chi connectivity index (χ3n) is 2.96. The van der Waals surface area contributed by atoms with E-state index in [0.29, 0.717) is 28.1 Å². The van der Waals surface area contributed by atoms with Crippen molar-refractivity contribution in [1.29, 1.82) is 5.26 Å². The molecule has 0 aliphatic rings. The van der Waals surface area contributed by atoms with Crippen LogP contribution in [-0.4, -0.2) is 10.9 Å². The number of nitrogens with two attached hydrogens (primary N) is 3. The molecule has 0 spiro atoms.